The van der Waals surface area contributed by atoms with Gasteiger partial charge in [0.15, 0.2) is 11.5 Å². The van der Waals surface area contributed by atoms with E-state index in [-0.39, 0.29) is 5.91 Å². The quantitative estimate of drug-likeness (QED) is 0.731. The van der Waals surface area contributed by atoms with Crippen LogP contribution in [0.1, 0.15) is 35.1 Å². The second kappa shape index (κ2) is 7.47. The lowest BCUT2D eigenvalue weighted by Crippen LogP contribution is -2.16. The second-order valence-electron chi connectivity index (χ2n) is 6.07. The van der Waals surface area contributed by atoms with Crippen molar-refractivity contribution in [3.63, 3.8) is 0 Å². The maximum Gasteiger partial charge on any atom is 0.274 e. The molecule has 0 fully saturated rings. The number of pyridine rings is 1. The minimum Gasteiger partial charge on any atom is -0.493 e. The van der Waals surface area contributed by atoms with Gasteiger partial charge < -0.3 is 14.8 Å². The summed E-state index contributed by atoms with van der Waals surface area (Å²) in [6.45, 7) is 4.07. The molecule has 6 nitrogen and oxygen atoms in total. The molecule has 0 radical (unpaired) electrons. The molecule has 0 bridgehead atoms. The highest BCUT2D eigenvalue weighted by atomic mass is 16.5. The van der Waals surface area contributed by atoms with Crippen LogP contribution in [0.2, 0.25) is 0 Å². The van der Waals surface area contributed by atoms with Crippen molar-refractivity contribution in [3.05, 3.63) is 53.5 Å². The fraction of sp³-hybridized carbons (Fsp3) is 0.300. The van der Waals surface area contributed by atoms with E-state index in [9.17, 15) is 4.79 Å². The summed E-state index contributed by atoms with van der Waals surface area (Å²) in [5.74, 6) is 0.981. The second-order valence-corrected chi connectivity index (χ2v) is 6.07. The molecule has 0 aliphatic heterocycles. The van der Waals surface area contributed by atoms with Crippen LogP contribution in [-0.4, -0.2) is 29.5 Å². The molecular weight excluding hydrogens is 330 g/mol. The van der Waals surface area contributed by atoms with Crippen LogP contribution in [-0.2, 0) is 6.42 Å². The van der Waals surface area contributed by atoms with Crippen molar-refractivity contribution >= 4 is 17.2 Å². The van der Waals surface area contributed by atoms with E-state index in [1.807, 2.05) is 29.7 Å². The average Bonchev–Trinajstić information content (AvgIpc) is 3.01. The number of ether oxygens (including phenoxy) is 2. The first-order valence-corrected chi connectivity index (χ1v) is 8.59. The van der Waals surface area contributed by atoms with Gasteiger partial charge in [0.05, 0.1) is 19.9 Å². The zero-order valence-corrected chi connectivity index (χ0v) is 15.5. The Morgan fingerprint density at radius 2 is 1.96 bits per heavy atom. The number of aromatic nitrogens is 2. The van der Waals surface area contributed by atoms with Gasteiger partial charge in [-0.15, -0.1) is 0 Å². The SMILES string of the molecule is CCCc1nc2c(C)cccn2c1C(=O)Nc1ccc(OC)c(OC)c1. The first-order chi connectivity index (χ1) is 12.6. The third-order valence-corrected chi connectivity index (χ3v) is 4.26. The maximum atomic E-state index is 13.0. The van der Waals surface area contributed by atoms with Gasteiger partial charge in [0.25, 0.3) is 5.91 Å². The first-order valence-electron chi connectivity index (χ1n) is 8.59. The smallest absolute Gasteiger partial charge is 0.274 e. The van der Waals surface area contributed by atoms with Gasteiger partial charge >= 0.3 is 0 Å². The van der Waals surface area contributed by atoms with Gasteiger partial charge in [-0.25, -0.2) is 4.98 Å². The van der Waals surface area contributed by atoms with Gasteiger partial charge in [0.2, 0.25) is 0 Å². The van der Waals surface area contributed by atoms with E-state index in [4.69, 9.17) is 9.47 Å². The largest absolute Gasteiger partial charge is 0.493 e. The molecule has 0 spiro atoms. The molecule has 0 saturated heterocycles. The zero-order chi connectivity index (χ0) is 18.7. The van der Waals surface area contributed by atoms with Crippen molar-refractivity contribution < 1.29 is 14.3 Å². The summed E-state index contributed by atoms with van der Waals surface area (Å²) in [4.78, 5) is 17.7. The number of fused-ring (bicyclic) bond motifs is 1. The highest BCUT2D eigenvalue weighted by Gasteiger charge is 2.20. The van der Waals surface area contributed by atoms with E-state index >= 15 is 0 Å². The normalized spacial score (nSPS) is 10.8. The van der Waals surface area contributed by atoms with E-state index < -0.39 is 0 Å². The van der Waals surface area contributed by atoms with E-state index in [1.165, 1.54) is 0 Å². The molecule has 1 aromatic carbocycles. The number of hydrogen-bond donors (Lipinski definition) is 1. The monoisotopic (exact) mass is 353 g/mol. The van der Waals surface area contributed by atoms with E-state index in [0.717, 1.165) is 29.7 Å². The van der Waals surface area contributed by atoms with Crippen LogP contribution in [0.5, 0.6) is 11.5 Å². The van der Waals surface area contributed by atoms with Crippen molar-refractivity contribution in [2.24, 2.45) is 0 Å². The topological polar surface area (TPSA) is 64.9 Å². The highest BCUT2D eigenvalue weighted by Crippen LogP contribution is 2.30. The van der Waals surface area contributed by atoms with Crippen molar-refractivity contribution in [1.82, 2.24) is 9.38 Å². The number of carbonyl (C=O) groups is 1. The van der Waals surface area contributed by atoms with Gasteiger partial charge in [-0.2, -0.15) is 0 Å². The summed E-state index contributed by atoms with van der Waals surface area (Å²) in [6, 6.07) is 9.21. The predicted octanol–water partition coefficient (Wildman–Crippen LogP) is 3.86. The third kappa shape index (κ3) is 3.22. The molecule has 0 aliphatic carbocycles. The predicted molar refractivity (Wildman–Crippen MR) is 101 cm³/mol. The van der Waals surface area contributed by atoms with Crippen molar-refractivity contribution in [1.29, 1.82) is 0 Å². The van der Waals surface area contributed by atoms with Crippen LogP contribution in [0.15, 0.2) is 36.5 Å². The van der Waals surface area contributed by atoms with Crippen molar-refractivity contribution in [2.75, 3.05) is 19.5 Å². The number of hydrogen-bond acceptors (Lipinski definition) is 4. The van der Waals surface area contributed by atoms with Crippen LogP contribution in [0, 0.1) is 6.92 Å². The Labute approximate surface area is 152 Å². The Balaban J connectivity index is 2.00. The number of benzene rings is 1. The molecule has 2 aromatic heterocycles. The Morgan fingerprint density at radius 1 is 1.19 bits per heavy atom. The molecule has 1 N–H and O–H groups in total. The van der Waals surface area contributed by atoms with Crippen LogP contribution < -0.4 is 14.8 Å². The third-order valence-electron chi connectivity index (χ3n) is 4.26. The Bertz CT molecular complexity index is 947. The molecule has 0 saturated carbocycles. The lowest BCUT2D eigenvalue weighted by atomic mass is 10.2. The van der Waals surface area contributed by atoms with E-state index in [0.29, 0.717) is 22.9 Å². The van der Waals surface area contributed by atoms with Gasteiger partial charge in [-0.05, 0) is 37.1 Å². The standard InChI is InChI=1S/C20H23N3O3/c1-5-7-15-18(23-11-6-8-13(2)19(23)22-15)20(24)21-14-9-10-16(25-3)17(12-14)26-4/h6,8-12H,5,7H2,1-4H3,(H,21,24). The maximum absolute atomic E-state index is 13.0. The van der Waals surface area contributed by atoms with E-state index in [1.54, 1.807) is 32.4 Å². The number of imidazole rings is 1. The van der Waals surface area contributed by atoms with Crippen molar-refractivity contribution in [2.45, 2.75) is 26.7 Å². The van der Waals surface area contributed by atoms with Crippen LogP contribution >= 0.6 is 0 Å². The minimum absolute atomic E-state index is 0.196. The molecule has 26 heavy (non-hydrogen) atoms. The number of nitrogens with zero attached hydrogens (tertiary/aromatic N) is 2. The molecule has 3 aromatic rings. The molecule has 3 rings (SSSR count). The van der Waals surface area contributed by atoms with E-state index in [2.05, 4.69) is 17.2 Å². The van der Waals surface area contributed by atoms with Gasteiger partial charge in [0, 0.05) is 18.0 Å². The number of aryl methyl sites for hydroxylation is 2. The molecule has 0 aliphatic rings. The summed E-state index contributed by atoms with van der Waals surface area (Å²) in [6.07, 6.45) is 3.54. The summed E-state index contributed by atoms with van der Waals surface area (Å²) in [7, 11) is 3.14. The molecule has 0 unspecified atom stereocenters. The highest BCUT2D eigenvalue weighted by molar-refractivity contribution is 6.04. The lowest BCUT2D eigenvalue weighted by Gasteiger charge is -2.11. The number of methoxy groups -OCH3 is 2. The average molecular weight is 353 g/mol. The van der Waals surface area contributed by atoms with Gasteiger partial charge in [0.1, 0.15) is 11.3 Å². The number of rotatable bonds is 6. The summed E-state index contributed by atoms with van der Waals surface area (Å²) in [5, 5.41) is 2.95. The summed E-state index contributed by atoms with van der Waals surface area (Å²) in [5.41, 5.74) is 3.86. The molecule has 2 heterocycles. The zero-order valence-electron chi connectivity index (χ0n) is 15.5. The first kappa shape index (κ1) is 17.8. The Kier molecular flexibility index (Phi) is 5.11. The van der Waals surface area contributed by atoms with Crippen LogP contribution in [0.25, 0.3) is 5.65 Å². The summed E-state index contributed by atoms with van der Waals surface area (Å²) < 4.78 is 12.4. The minimum atomic E-state index is -0.196. The van der Waals surface area contributed by atoms with Crippen LogP contribution in [0.4, 0.5) is 5.69 Å². The number of anilines is 1. The van der Waals surface area contributed by atoms with Gasteiger partial charge in [-0.3, -0.25) is 9.20 Å². The summed E-state index contributed by atoms with van der Waals surface area (Å²) >= 11 is 0. The molecule has 1 amide bonds. The Hall–Kier alpha value is -3.02. The number of nitrogens with one attached hydrogen (secondary N) is 1. The molecule has 0 atom stereocenters. The lowest BCUT2D eigenvalue weighted by molar-refractivity contribution is 0.102. The van der Waals surface area contributed by atoms with Crippen molar-refractivity contribution in [3.8, 4) is 11.5 Å². The molecule has 6 heteroatoms. The molecular formula is C20H23N3O3. The van der Waals surface area contributed by atoms with Crippen LogP contribution in [0.3, 0.4) is 0 Å². The number of amides is 1. The molecule has 136 valence electrons. The Morgan fingerprint density at radius 3 is 2.65 bits per heavy atom. The number of carbonyl (C=O) groups excluding carboxylic acids is 1. The fourth-order valence-electron chi connectivity index (χ4n) is 3.01. The fourth-order valence-corrected chi connectivity index (χ4v) is 3.01. The van der Waals surface area contributed by atoms with Gasteiger partial charge in [-0.1, -0.05) is 19.4 Å².